The van der Waals surface area contributed by atoms with Crippen molar-refractivity contribution in [1.82, 2.24) is 0 Å². The summed E-state index contributed by atoms with van der Waals surface area (Å²) in [6, 6.07) is 9.98. The third-order valence-electron chi connectivity index (χ3n) is 3.99. The van der Waals surface area contributed by atoms with Crippen molar-refractivity contribution in [2.75, 3.05) is 11.9 Å². The lowest BCUT2D eigenvalue weighted by molar-refractivity contribution is 0.428. The SMILES string of the molecule is N#Cc1cccc(NCC(C2CC2)C2CC2)c1. The third-order valence-corrected chi connectivity index (χ3v) is 3.99. The molecule has 0 saturated heterocycles. The van der Waals surface area contributed by atoms with Gasteiger partial charge in [-0.1, -0.05) is 6.07 Å². The maximum Gasteiger partial charge on any atom is 0.0992 e. The second-order valence-corrected chi connectivity index (χ2v) is 5.41. The first-order valence-electron chi connectivity index (χ1n) is 6.61. The summed E-state index contributed by atoms with van der Waals surface area (Å²) in [6.07, 6.45) is 5.73. The van der Waals surface area contributed by atoms with Crippen molar-refractivity contribution < 1.29 is 0 Å². The number of benzene rings is 1. The van der Waals surface area contributed by atoms with Gasteiger partial charge in [0.2, 0.25) is 0 Å². The first kappa shape index (κ1) is 10.7. The van der Waals surface area contributed by atoms with Gasteiger partial charge in [0.1, 0.15) is 0 Å². The second-order valence-electron chi connectivity index (χ2n) is 5.41. The van der Waals surface area contributed by atoms with E-state index in [9.17, 15) is 0 Å². The smallest absolute Gasteiger partial charge is 0.0992 e. The maximum atomic E-state index is 8.86. The molecule has 1 aromatic rings. The Hall–Kier alpha value is -1.49. The van der Waals surface area contributed by atoms with Gasteiger partial charge in [-0.3, -0.25) is 0 Å². The first-order valence-corrected chi connectivity index (χ1v) is 6.61. The van der Waals surface area contributed by atoms with Gasteiger partial charge in [0.25, 0.3) is 0 Å². The van der Waals surface area contributed by atoms with Crippen LogP contribution in [-0.4, -0.2) is 6.54 Å². The van der Waals surface area contributed by atoms with Gasteiger partial charge in [-0.25, -0.2) is 0 Å². The fraction of sp³-hybridized carbons (Fsp3) is 0.533. The van der Waals surface area contributed by atoms with Crippen LogP contribution in [0.1, 0.15) is 31.2 Å². The monoisotopic (exact) mass is 226 g/mol. The minimum atomic E-state index is 0.740. The van der Waals surface area contributed by atoms with Crippen LogP contribution in [0, 0.1) is 29.1 Å². The van der Waals surface area contributed by atoms with E-state index in [0.29, 0.717) is 0 Å². The van der Waals surface area contributed by atoms with Crippen molar-refractivity contribution in [3.63, 3.8) is 0 Å². The molecule has 1 aromatic carbocycles. The van der Waals surface area contributed by atoms with E-state index < -0.39 is 0 Å². The molecule has 88 valence electrons. The molecule has 0 aromatic heterocycles. The van der Waals surface area contributed by atoms with Gasteiger partial charge in [0.15, 0.2) is 0 Å². The van der Waals surface area contributed by atoms with Crippen LogP contribution in [0.3, 0.4) is 0 Å². The summed E-state index contributed by atoms with van der Waals surface area (Å²) in [5.74, 6) is 2.84. The molecular formula is C15H18N2. The number of nitriles is 1. The third kappa shape index (κ3) is 2.61. The molecule has 2 aliphatic carbocycles. The summed E-state index contributed by atoms with van der Waals surface area (Å²) >= 11 is 0. The van der Waals surface area contributed by atoms with Gasteiger partial charge in [0, 0.05) is 12.2 Å². The quantitative estimate of drug-likeness (QED) is 0.835. The maximum absolute atomic E-state index is 8.86. The Morgan fingerprint density at radius 3 is 2.53 bits per heavy atom. The van der Waals surface area contributed by atoms with Crippen LogP contribution in [0.4, 0.5) is 5.69 Å². The van der Waals surface area contributed by atoms with Gasteiger partial charge in [0.05, 0.1) is 11.6 Å². The zero-order valence-electron chi connectivity index (χ0n) is 10.0. The summed E-state index contributed by atoms with van der Waals surface area (Å²) in [6.45, 7) is 1.09. The van der Waals surface area contributed by atoms with Gasteiger partial charge in [-0.2, -0.15) is 5.26 Å². The molecule has 2 aliphatic rings. The highest BCUT2D eigenvalue weighted by Crippen LogP contribution is 2.49. The van der Waals surface area contributed by atoms with E-state index in [1.54, 1.807) is 0 Å². The molecule has 0 radical (unpaired) electrons. The fourth-order valence-corrected chi connectivity index (χ4v) is 2.70. The Morgan fingerprint density at radius 1 is 1.24 bits per heavy atom. The predicted molar refractivity (Wildman–Crippen MR) is 68.6 cm³/mol. The predicted octanol–water partition coefficient (Wildman–Crippen LogP) is 3.41. The number of anilines is 1. The number of hydrogen-bond donors (Lipinski definition) is 1. The van der Waals surface area contributed by atoms with E-state index in [4.69, 9.17) is 5.26 Å². The molecule has 0 atom stereocenters. The van der Waals surface area contributed by atoms with Crippen LogP contribution in [0.2, 0.25) is 0 Å². The summed E-state index contributed by atoms with van der Waals surface area (Å²) in [5, 5.41) is 12.4. The average molecular weight is 226 g/mol. The van der Waals surface area contributed by atoms with Crippen LogP contribution in [-0.2, 0) is 0 Å². The minimum Gasteiger partial charge on any atom is -0.385 e. The summed E-state index contributed by atoms with van der Waals surface area (Å²) < 4.78 is 0. The highest BCUT2D eigenvalue weighted by atomic mass is 14.9. The van der Waals surface area contributed by atoms with Crippen LogP contribution in [0.15, 0.2) is 24.3 Å². The Balaban J connectivity index is 1.60. The number of nitrogens with one attached hydrogen (secondary N) is 1. The lowest BCUT2D eigenvalue weighted by Gasteiger charge is -2.17. The molecule has 1 N–H and O–H groups in total. The van der Waals surface area contributed by atoms with Crippen LogP contribution >= 0.6 is 0 Å². The highest BCUT2D eigenvalue weighted by molar-refractivity contribution is 5.49. The first-order chi connectivity index (χ1) is 8.36. The Labute approximate surface area is 103 Å². The van der Waals surface area contributed by atoms with E-state index >= 15 is 0 Å². The Kier molecular flexibility index (Phi) is 2.76. The molecule has 0 aliphatic heterocycles. The van der Waals surface area contributed by atoms with Crippen molar-refractivity contribution >= 4 is 5.69 Å². The highest BCUT2D eigenvalue weighted by Gasteiger charge is 2.40. The second kappa shape index (κ2) is 4.41. The van der Waals surface area contributed by atoms with Crippen molar-refractivity contribution in [2.24, 2.45) is 17.8 Å². The normalized spacial score (nSPS) is 19.1. The van der Waals surface area contributed by atoms with Crippen LogP contribution < -0.4 is 5.32 Å². The van der Waals surface area contributed by atoms with Gasteiger partial charge in [-0.05, 0) is 61.6 Å². The molecule has 2 heteroatoms. The minimum absolute atomic E-state index is 0.740. The number of hydrogen-bond acceptors (Lipinski definition) is 2. The molecule has 0 heterocycles. The summed E-state index contributed by atoms with van der Waals surface area (Å²) in [4.78, 5) is 0. The summed E-state index contributed by atoms with van der Waals surface area (Å²) in [7, 11) is 0. The molecule has 0 spiro atoms. The van der Waals surface area contributed by atoms with E-state index in [-0.39, 0.29) is 0 Å². The average Bonchev–Trinajstić information content (AvgIpc) is 3.22. The molecular weight excluding hydrogens is 208 g/mol. The van der Waals surface area contributed by atoms with Gasteiger partial charge in [-0.15, -0.1) is 0 Å². The van der Waals surface area contributed by atoms with E-state index in [1.807, 2.05) is 18.2 Å². The van der Waals surface area contributed by atoms with E-state index in [1.165, 1.54) is 25.7 Å². The zero-order chi connectivity index (χ0) is 11.7. The molecule has 0 unspecified atom stereocenters. The van der Waals surface area contributed by atoms with Gasteiger partial charge < -0.3 is 5.32 Å². The topological polar surface area (TPSA) is 35.8 Å². The Morgan fingerprint density at radius 2 is 1.94 bits per heavy atom. The molecule has 2 nitrogen and oxygen atoms in total. The number of nitrogens with zero attached hydrogens (tertiary/aromatic N) is 1. The lowest BCUT2D eigenvalue weighted by atomic mass is 9.98. The molecule has 0 bridgehead atoms. The van der Waals surface area contributed by atoms with Crippen molar-refractivity contribution in [1.29, 1.82) is 5.26 Å². The molecule has 2 fully saturated rings. The van der Waals surface area contributed by atoms with Crippen LogP contribution in [0.25, 0.3) is 0 Å². The lowest BCUT2D eigenvalue weighted by Crippen LogP contribution is -2.18. The number of rotatable bonds is 5. The van der Waals surface area contributed by atoms with E-state index in [2.05, 4.69) is 17.5 Å². The fourth-order valence-electron chi connectivity index (χ4n) is 2.70. The zero-order valence-corrected chi connectivity index (χ0v) is 10.0. The van der Waals surface area contributed by atoms with Crippen molar-refractivity contribution in [2.45, 2.75) is 25.7 Å². The standard InChI is InChI=1S/C15H18N2/c16-9-11-2-1-3-14(8-11)17-10-15(12-4-5-12)13-6-7-13/h1-3,8,12-13,15,17H,4-7,10H2. The Bertz CT molecular complexity index is 426. The molecule has 17 heavy (non-hydrogen) atoms. The van der Waals surface area contributed by atoms with E-state index in [0.717, 1.165) is 35.5 Å². The van der Waals surface area contributed by atoms with Crippen LogP contribution in [0.5, 0.6) is 0 Å². The molecule has 3 rings (SSSR count). The van der Waals surface area contributed by atoms with Gasteiger partial charge >= 0.3 is 0 Å². The van der Waals surface area contributed by atoms with Crippen molar-refractivity contribution in [3.05, 3.63) is 29.8 Å². The molecule has 0 amide bonds. The van der Waals surface area contributed by atoms with Crippen molar-refractivity contribution in [3.8, 4) is 6.07 Å². The largest absolute Gasteiger partial charge is 0.385 e. The molecule has 2 saturated carbocycles. The summed E-state index contributed by atoms with van der Waals surface area (Å²) in [5.41, 5.74) is 1.83.